The highest BCUT2D eigenvalue weighted by molar-refractivity contribution is 5.90. The number of hydrogen-bond acceptors (Lipinski definition) is 5. The number of benzene rings is 1. The summed E-state index contributed by atoms with van der Waals surface area (Å²) in [6.45, 7) is 1.66. The van der Waals surface area contributed by atoms with E-state index in [1.165, 1.54) is 5.01 Å². The van der Waals surface area contributed by atoms with E-state index >= 15 is 0 Å². The third kappa shape index (κ3) is 2.76. The number of hydroxylamine groups is 1. The number of hydrazine groups is 1. The number of hydrogen-bond donors (Lipinski definition) is 2. The molecule has 0 spiro atoms. The van der Waals surface area contributed by atoms with Gasteiger partial charge in [0.1, 0.15) is 0 Å². The summed E-state index contributed by atoms with van der Waals surface area (Å²) in [5.41, 5.74) is 5.54. The number of urea groups is 1. The first-order valence-corrected chi connectivity index (χ1v) is 5.51. The highest BCUT2D eigenvalue weighted by Crippen LogP contribution is 2.07. The Morgan fingerprint density at radius 2 is 2.06 bits per heavy atom. The van der Waals surface area contributed by atoms with Crippen molar-refractivity contribution < 1.29 is 14.4 Å². The highest BCUT2D eigenvalue weighted by Gasteiger charge is 2.26. The summed E-state index contributed by atoms with van der Waals surface area (Å²) in [5, 5.41) is 5.31. The molecule has 1 saturated heterocycles. The van der Waals surface area contributed by atoms with Crippen LogP contribution in [0.25, 0.3) is 0 Å². The second kappa shape index (κ2) is 5.48. The predicted molar refractivity (Wildman–Crippen MR) is 62.9 cm³/mol. The maximum Gasteiger partial charge on any atom is 0.365 e. The van der Waals surface area contributed by atoms with Crippen LogP contribution in [0.15, 0.2) is 30.3 Å². The molecule has 0 saturated carbocycles. The van der Waals surface area contributed by atoms with Crippen LogP contribution in [0, 0.1) is 0 Å². The summed E-state index contributed by atoms with van der Waals surface area (Å²) in [6, 6.07) is 7.58. The Balaban J connectivity index is 2.05. The lowest BCUT2D eigenvalue weighted by Crippen LogP contribution is -2.49. The summed E-state index contributed by atoms with van der Waals surface area (Å²) in [4.78, 5) is 28.0. The minimum absolute atomic E-state index is 0.357. The molecule has 0 unspecified atom stereocenters. The van der Waals surface area contributed by atoms with Crippen molar-refractivity contribution in [1.82, 2.24) is 15.5 Å². The lowest BCUT2D eigenvalue weighted by atomic mass is 10.2. The molecule has 0 aliphatic carbocycles. The van der Waals surface area contributed by atoms with Gasteiger partial charge in [-0.2, -0.15) is 5.01 Å². The third-order valence-corrected chi connectivity index (χ3v) is 2.47. The SMILES string of the molecule is NC(=O)N(OC(=O)c1ccccc1)N1CCNC1. The number of nitrogens with zero attached hydrogens (tertiary/aromatic N) is 2. The second-order valence-corrected chi connectivity index (χ2v) is 3.74. The molecule has 3 N–H and O–H groups in total. The number of primary amides is 1. The summed E-state index contributed by atoms with van der Waals surface area (Å²) in [7, 11) is 0. The van der Waals surface area contributed by atoms with Crippen molar-refractivity contribution in [1.29, 1.82) is 0 Å². The van der Waals surface area contributed by atoms with Gasteiger partial charge in [0.15, 0.2) is 0 Å². The molecule has 2 rings (SSSR count). The molecule has 7 heteroatoms. The van der Waals surface area contributed by atoms with Gasteiger partial charge in [-0.3, -0.25) is 0 Å². The molecule has 1 aromatic rings. The summed E-state index contributed by atoms with van der Waals surface area (Å²) >= 11 is 0. The van der Waals surface area contributed by atoms with E-state index in [4.69, 9.17) is 10.6 Å². The molecule has 0 atom stereocenters. The number of rotatable bonds is 2. The van der Waals surface area contributed by atoms with Gasteiger partial charge >= 0.3 is 12.0 Å². The van der Waals surface area contributed by atoms with Gasteiger partial charge in [0, 0.05) is 13.1 Å². The zero-order valence-electron chi connectivity index (χ0n) is 9.70. The van der Waals surface area contributed by atoms with Crippen LogP contribution < -0.4 is 11.1 Å². The zero-order valence-corrected chi connectivity index (χ0v) is 9.70. The minimum atomic E-state index is -0.831. The van der Waals surface area contributed by atoms with Crippen molar-refractivity contribution in [3.8, 4) is 0 Å². The fourth-order valence-corrected chi connectivity index (χ4v) is 1.60. The second-order valence-electron chi connectivity index (χ2n) is 3.74. The molecule has 0 aromatic heterocycles. The number of carbonyl (C=O) groups excluding carboxylic acids is 2. The topological polar surface area (TPSA) is 87.9 Å². The van der Waals surface area contributed by atoms with Crippen LogP contribution in [0.1, 0.15) is 10.4 Å². The van der Waals surface area contributed by atoms with Crippen molar-refractivity contribution in [2.24, 2.45) is 5.73 Å². The average molecular weight is 250 g/mol. The molecule has 18 heavy (non-hydrogen) atoms. The summed E-state index contributed by atoms with van der Waals surface area (Å²) < 4.78 is 0. The van der Waals surface area contributed by atoms with Gasteiger partial charge in [0.05, 0.1) is 12.2 Å². The van der Waals surface area contributed by atoms with E-state index in [2.05, 4.69) is 5.32 Å². The number of carbonyl (C=O) groups is 2. The first kappa shape index (κ1) is 12.3. The van der Waals surface area contributed by atoms with E-state index < -0.39 is 12.0 Å². The van der Waals surface area contributed by atoms with Crippen LogP contribution >= 0.6 is 0 Å². The van der Waals surface area contributed by atoms with Gasteiger partial charge in [-0.15, -0.1) is 0 Å². The van der Waals surface area contributed by atoms with Gasteiger partial charge < -0.3 is 15.9 Å². The quantitative estimate of drug-likeness (QED) is 0.717. The van der Waals surface area contributed by atoms with E-state index in [9.17, 15) is 9.59 Å². The monoisotopic (exact) mass is 250 g/mol. The predicted octanol–water partition coefficient (Wildman–Crippen LogP) is -0.0832. The Hall–Kier alpha value is -2.12. The van der Waals surface area contributed by atoms with Crippen molar-refractivity contribution in [2.75, 3.05) is 19.8 Å². The van der Waals surface area contributed by atoms with E-state index in [1.807, 2.05) is 0 Å². The molecular weight excluding hydrogens is 236 g/mol. The largest absolute Gasteiger partial charge is 0.365 e. The van der Waals surface area contributed by atoms with Gasteiger partial charge in [-0.1, -0.05) is 23.4 Å². The maximum absolute atomic E-state index is 11.8. The molecule has 2 amide bonds. The summed E-state index contributed by atoms with van der Waals surface area (Å²) in [6.07, 6.45) is 0. The average Bonchev–Trinajstić information content (AvgIpc) is 2.90. The number of amides is 2. The van der Waals surface area contributed by atoms with Crippen molar-refractivity contribution in [3.05, 3.63) is 35.9 Å². The molecule has 1 aliphatic rings. The normalized spacial score (nSPS) is 15.3. The van der Waals surface area contributed by atoms with Gasteiger partial charge in [0.2, 0.25) is 0 Å². The highest BCUT2D eigenvalue weighted by atomic mass is 16.8. The van der Waals surface area contributed by atoms with Crippen LogP contribution in [0.5, 0.6) is 0 Å². The molecule has 1 aliphatic heterocycles. The zero-order chi connectivity index (χ0) is 13.0. The Bertz CT molecular complexity index is 431. The lowest BCUT2D eigenvalue weighted by molar-refractivity contribution is -0.191. The van der Waals surface area contributed by atoms with E-state index in [-0.39, 0.29) is 0 Å². The Morgan fingerprint density at radius 1 is 1.33 bits per heavy atom. The fraction of sp³-hybridized carbons (Fsp3) is 0.273. The van der Waals surface area contributed by atoms with Crippen molar-refractivity contribution in [3.63, 3.8) is 0 Å². The van der Waals surface area contributed by atoms with Crippen LogP contribution in [0.3, 0.4) is 0 Å². The molecule has 0 radical (unpaired) electrons. The third-order valence-electron chi connectivity index (χ3n) is 2.47. The van der Waals surface area contributed by atoms with Gasteiger partial charge in [-0.25, -0.2) is 9.59 Å². The van der Waals surface area contributed by atoms with E-state index in [0.29, 0.717) is 25.3 Å². The molecule has 1 heterocycles. The van der Waals surface area contributed by atoms with Crippen molar-refractivity contribution >= 4 is 12.0 Å². The van der Waals surface area contributed by atoms with Crippen LogP contribution in [-0.4, -0.2) is 41.9 Å². The first-order valence-electron chi connectivity index (χ1n) is 5.51. The standard InChI is InChI=1S/C11H14N4O3/c12-11(17)15(14-7-6-13-8-14)18-10(16)9-4-2-1-3-5-9/h1-5,13H,6-8H2,(H2,12,17). The van der Waals surface area contributed by atoms with E-state index in [0.717, 1.165) is 5.17 Å². The molecule has 96 valence electrons. The van der Waals surface area contributed by atoms with Crippen molar-refractivity contribution in [2.45, 2.75) is 0 Å². The molecule has 7 nitrogen and oxygen atoms in total. The minimum Gasteiger partial charge on any atom is -0.348 e. The van der Waals surface area contributed by atoms with E-state index in [1.54, 1.807) is 30.3 Å². The van der Waals surface area contributed by atoms with Crippen LogP contribution in [-0.2, 0) is 4.84 Å². The van der Waals surface area contributed by atoms with Gasteiger partial charge in [-0.05, 0) is 12.1 Å². The van der Waals surface area contributed by atoms with Gasteiger partial charge in [0.25, 0.3) is 0 Å². The van der Waals surface area contributed by atoms with Crippen LogP contribution in [0.4, 0.5) is 4.79 Å². The molecule has 1 fully saturated rings. The maximum atomic E-state index is 11.8. The Kier molecular flexibility index (Phi) is 3.75. The Morgan fingerprint density at radius 3 is 2.61 bits per heavy atom. The fourth-order valence-electron chi connectivity index (χ4n) is 1.60. The number of nitrogens with two attached hydrogens (primary N) is 1. The molecular formula is C11H14N4O3. The lowest BCUT2D eigenvalue weighted by Gasteiger charge is -2.26. The molecule has 1 aromatic carbocycles. The molecule has 0 bridgehead atoms. The Labute approximate surface area is 104 Å². The smallest absolute Gasteiger partial charge is 0.348 e. The van der Waals surface area contributed by atoms with Crippen LogP contribution in [0.2, 0.25) is 0 Å². The summed E-state index contributed by atoms with van der Waals surface area (Å²) in [5.74, 6) is -0.624. The first-order chi connectivity index (χ1) is 8.68. The number of nitrogens with one attached hydrogen (secondary N) is 1.